The highest BCUT2D eigenvalue weighted by atomic mass is 32.1. The van der Waals surface area contributed by atoms with E-state index in [1.807, 2.05) is 17.5 Å². The molecule has 5 nitrogen and oxygen atoms in total. The van der Waals surface area contributed by atoms with Crippen LogP contribution in [-0.2, 0) is 4.79 Å². The molecule has 2 rings (SSSR count). The number of amides is 1. The van der Waals surface area contributed by atoms with Crippen LogP contribution in [0.25, 0.3) is 6.08 Å². The van der Waals surface area contributed by atoms with Gasteiger partial charge in [-0.2, -0.15) is 0 Å². The fourth-order valence-electron chi connectivity index (χ4n) is 1.62. The summed E-state index contributed by atoms with van der Waals surface area (Å²) in [5, 5.41) is 15.4. The second-order valence-corrected chi connectivity index (χ2v) is 5.09. The van der Waals surface area contributed by atoms with Crippen LogP contribution in [0, 0.1) is 17.0 Å². The van der Waals surface area contributed by atoms with Crippen LogP contribution in [0.3, 0.4) is 0 Å². The first-order chi connectivity index (χ1) is 9.56. The molecule has 0 saturated heterocycles. The smallest absolute Gasteiger partial charge is 0.293 e. The van der Waals surface area contributed by atoms with E-state index in [1.54, 1.807) is 19.1 Å². The van der Waals surface area contributed by atoms with Crippen molar-refractivity contribution in [1.29, 1.82) is 0 Å². The van der Waals surface area contributed by atoms with Crippen molar-refractivity contribution < 1.29 is 9.72 Å². The van der Waals surface area contributed by atoms with Gasteiger partial charge in [0.1, 0.15) is 5.69 Å². The highest BCUT2D eigenvalue weighted by molar-refractivity contribution is 7.10. The van der Waals surface area contributed by atoms with Crippen molar-refractivity contribution in [2.45, 2.75) is 6.92 Å². The molecule has 2 aromatic rings. The number of thiophene rings is 1. The van der Waals surface area contributed by atoms with Gasteiger partial charge in [0.25, 0.3) is 5.69 Å². The molecule has 1 amide bonds. The monoisotopic (exact) mass is 288 g/mol. The van der Waals surface area contributed by atoms with Crippen LogP contribution in [0.15, 0.2) is 41.8 Å². The Labute approximate surface area is 119 Å². The standard InChI is InChI=1S/C14H12N2O3S/c1-10-4-6-12(13(9-10)16(18)19)15-14(17)7-5-11-3-2-8-20-11/h2-9H,1H3,(H,15,17). The van der Waals surface area contributed by atoms with Gasteiger partial charge < -0.3 is 5.32 Å². The molecule has 0 unspecified atom stereocenters. The number of carbonyl (C=O) groups is 1. The Balaban J connectivity index is 2.13. The van der Waals surface area contributed by atoms with Crippen LogP contribution in [0.2, 0.25) is 0 Å². The number of hydrogen-bond donors (Lipinski definition) is 1. The minimum atomic E-state index is -0.508. The van der Waals surface area contributed by atoms with Crippen molar-refractivity contribution in [3.8, 4) is 0 Å². The van der Waals surface area contributed by atoms with E-state index in [0.717, 1.165) is 10.4 Å². The van der Waals surface area contributed by atoms with E-state index in [4.69, 9.17) is 0 Å². The summed E-state index contributed by atoms with van der Waals surface area (Å²) < 4.78 is 0. The SMILES string of the molecule is Cc1ccc(NC(=O)C=Cc2cccs2)c([N+](=O)[O-])c1. The minimum Gasteiger partial charge on any atom is -0.317 e. The van der Waals surface area contributed by atoms with Crippen molar-refractivity contribution in [3.63, 3.8) is 0 Å². The van der Waals surface area contributed by atoms with E-state index in [0.29, 0.717) is 0 Å². The minimum absolute atomic E-state index is 0.108. The van der Waals surface area contributed by atoms with Crippen LogP contribution >= 0.6 is 11.3 Å². The van der Waals surface area contributed by atoms with E-state index >= 15 is 0 Å². The number of nitro groups is 1. The van der Waals surface area contributed by atoms with Crippen molar-refractivity contribution in [1.82, 2.24) is 0 Å². The van der Waals surface area contributed by atoms with Crippen molar-refractivity contribution in [3.05, 3.63) is 62.3 Å². The number of aryl methyl sites for hydroxylation is 1. The van der Waals surface area contributed by atoms with Crippen LogP contribution in [0.4, 0.5) is 11.4 Å². The van der Waals surface area contributed by atoms with E-state index < -0.39 is 10.8 Å². The second-order valence-electron chi connectivity index (χ2n) is 4.12. The molecule has 0 radical (unpaired) electrons. The molecule has 102 valence electrons. The maximum atomic E-state index is 11.8. The van der Waals surface area contributed by atoms with Gasteiger partial charge in [0.05, 0.1) is 4.92 Å². The fourth-order valence-corrected chi connectivity index (χ4v) is 2.23. The van der Waals surface area contributed by atoms with Gasteiger partial charge in [-0.05, 0) is 36.1 Å². The third-order valence-electron chi connectivity index (χ3n) is 2.55. The summed E-state index contributed by atoms with van der Waals surface area (Å²) >= 11 is 1.51. The Hall–Kier alpha value is -2.47. The molecule has 1 heterocycles. The molecular weight excluding hydrogens is 276 g/mol. The zero-order valence-electron chi connectivity index (χ0n) is 10.7. The average Bonchev–Trinajstić information content (AvgIpc) is 2.91. The number of benzene rings is 1. The normalized spacial score (nSPS) is 10.7. The lowest BCUT2D eigenvalue weighted by Crippen LogP contribution is -2.09. The lowest BCUT2D eigenvalue weighted by Gasteiger charge is -2.04. The molecule has 0 aliphatic carbocycles. The second kappa shape index (κ2) is 6.12. The number of hydrogen-bond acceptors (Lipinski definition) is 4. The van der Waals surface area contributed by atoms with Gasteiger partial charge in [-0.1, -0.05) is 12.1 Å². The highest BCUT2D eigenvalue weighted by Crippen LogP contribution is 2.25. The van der Waals surface area contributed by atoms with Crippen LogP contribution in [0.1, 0.15) is 10.4 Å². The molecule has 0 spiro atoms. The zero-order chi connectivity index (χ0) is 14.5. The Kier molecular flexibility index (Phi) is 4.27. The molecule has 0 fully saturated rings. The molecule has 0 saturated carbocycles. The molecule has 0 aliphatic heterocycles. The molecule has 1 aromatic carbocycles. The van der Waals surface area contributed by atoms with E-state index in [9.17, 15) is 14.9 Å². The predicted molar refractivity (Wildman–Crippen MR) is 79.8 cm³/mol. The quantitative estimate of drug-likeness (QED) is 0.530. The molecular formula is C14H12N2O3S. The molecule has 0 aliphatic rings. The largest absolute Gasteiger partial charge is 0.317 e. The third-order valence-corrected chi connectivity index (χ3v) is 3.39. The van der Waals surface area contributed by atoms with Crippen LogP contribution < -0.4 is 5.32 Å². The van der Waals surface area contributed by atoms with Gasteiger partial charge >= 0.3 is 0 Å². The van der Waals surface area contributed by atoms with Gasteiger partial charge in [-0.25, -0.2) is 0 Å². The number of nitrogens with one attached hydrogen (secondary N) is 1. The molecule has 6 heteroatoms. The molecule has 20 heavy (non-hydrogen) atoms. The average molecular weight is 288 g/mol. The summed E-state index contributed by atoms with van der Waals surface area (Å²) in [6.07, 6.45) is 3.02. The summed E-state index contributed by atoms with van der Waals surface area (Å²) in [6, 6.07) is 8.43. The summed E-state index contributed by atoms with van der Waals surface area (Å²) in [4.78, 5) is 23.1. The van der Waals surface area contributed by atoms with Gasteiger partial charge in [-0.3, -0.25) is 14.9 Å². The third kappa shape index (κ3) is 3.52. The van der Waals surface area contributed by atoms with Crippen molar-refractivity contribution >= 4 is 34.7 Å². The maximum absolute atomic E-state index is 11.8. The van der Waals surface area contributed by atoms with Gasteiger partial charge in [0.15, 0.2) is 0 Å². The van der Waals surface area contributed by atoms with Crippen molar-refractivity contribution in [2.75, 3.05) is 5.32 Å². The Bertz CT molecular complexity index is 663. The fraction of sp³-hybridized carbons (Fsp3) is 0.0714. The number of rotatable bonds is 4. The van der Waals surface area contributed by atoms with Gasteiger partial charge in [-0.15, -0.1) is 11.3 Å². The summed E-state index contributed by atoms with van der Waals surface area (Å²) in [5.41, 5.74) is 0.855. The van der Waals surface area contributed by atoms with Crippen molar-refractivity contribution in [2.24, 2.45) is 0 Å². The van der Waals surface area contributed by atoms with E-state index in [1.165, 1.54) is 29.5 Å². The maximum Gasteiger partial charge on any atom is 0.293 e. The Morgan fingerprint density at radius 1 is 1.40 bits per heavy atom. The zero-order valence-corrected chi connectivity index (χ0v) is 11.5. The Morgan fingerprint density at radius 3 is 2.85 bits per heavy atom. The van der Waals surface area contributed by atoms with E-state index in [-0.39, 0.29) is 11.4 Å². The Morgan fingerprint density at radius 2 is 2.20 bits per heavy atom. The van der Waals surface area contributed by atoms with Gasteiger partial charge in [0.2, 0.25) is 5.91 Å². The first-order valence-electron chi connectivity index (χ1n) is 5.84. The summed E-state index contributed by atoms with van der Waals surface area (Å²) in [6.45, 7) is 1.76. The number of carbonyl (C=O) groups excluding carboxylic acids is 1. The molecule has 1 N–H and O–H groups in total. The lowest BCUT2D eigenvalue weighted by molar-refractivity contribution is -0.384. The first kappa shape index (κ1) is 14.0. The molecule has 1 aromatic heterocycles. The number of nitrogens with zero attached hydrogens (tertiary/aromatic N) is 1. The van der Waals surface area contributed by atoms with Crippen LogP contribution in [0.5, 0.6) is 0 Å². The number of anilines is 1. The summed E-state index contributed by atoms with van der Waals surface area (Å²) in [5.74, 6) is -0.398. The highest BCUT2D eigenvalue weighted by Gasteiger charge is 2.14. The first-order valence-corrected chi connectivity index (χ1v) is 6.72. The lowest BCUT2D eigenvalue weighted by atomic mass is 10.2. The van der Waals surface area contributed by atoms with Gasteiger partial charge in [0, 0.05) is 17.0 Å². The molecule has 0 bridgehead atoms. The topological polar surface area (TPSA) is 72.2 Å². The number of nitro benzene ring substituents is 1. The molecule has 0 atom stereocenters. The predicted octanol–water partition coefficient (Wildman–Crippen LogP) is 3.62. The van der Waals surface area contributed by atoms with Crippen LogP contribution in [-0.4, -0.2) is 10.8 Å². The van der Waals surface area contributed by atoms with E-state index in [2.05, 4.69) is 5.32 Å². The summed E-state index contributed by atoms with van der Waals surface area (Å²) in [7, 11) is 0.